The molecule has 1 heterocycles. The van der Waals surface area contributed by atoms with Gasteiger partial charge in [-0.05, 0) is 26.8 Å². The number of hydrogen-bond acceptors (Lipinski definition) is 3. The first kappa shape index (κ1) is 11.8. The van der Waals surface area contributed by atoms with Crippen molar-refractivity contribution in [3.63, 3.8) is 0 Å². The highest BCUT2D eigenvalue weighted by Crippen LogP contribution is 2.41. The van der Waals surface area contributed by atoms with Crippen LogP contribution in [0.15, 0.2) is 18.2 Å². The molecule has 17 heavy (non-hydrogen) atoms. The van der Waals surface area contributed by atoms with Crippen LogP contribution in [0.1, 0.15) is 26.3 Å². The molecule has 0 aromatic heterocycles. The van der Waals surface area contributed by atoms with E-state index in [-0.39, 0.29) is 5.60 Å². The van der Waals surface area contributed by atoms with Gasteiger partial charge in [-0.3, -0.25) is 0 Å². The molecule has 4 heteroatoms. The second-order valence-corrected chi connectivity index (χ2v) is 4.88. The smallest absolute Gasteiger partial charge is 0.344 e. The Morgan fingerprint density at radius 1 is 1.53 bits per heavy atom. The van der Waals surface area contributed by atoms with E-state index in [2.05, 4.69) is 0 Å². The van der Waals surface area contributed by atoms with Crippen molar-refractivity contribution in [3.05, 3.63) is 23.8 Å². The summed E-state index contributed by atoms with van der Waals surface area (Å²) < 4.78 is 11.2. The zero-order valence-electron chi connectivity index (χ0n) is 10.2. The van der Waals surface area contributed by atoms with E-state index in [4.69, 9.17) is 14.6 Å². The molecule has 0 saturated carbocycles. The van der Waals surface area contributed by atoms with Gasteiger partial charge in [0, 0.05) is 12.0 Å². The monoisotopic (exact) mass is 236 g/mol. The van der Waals surface area contributed by atoms with Gasteiger partial charge in [0.25, 0.3) is 0 Å². The number of ether oxygens (including phenoxy) is 2. The molecule has 4 nitrogen and oxygen atoms in total. The molecule has 2 rings (SSSR count). The van der Waals surface area contributed by atoms with E-state index in [0.717, 1.165) is 12.0 Å². The van der Waals surface area contributed by atoms with Gasteiger partial charge in [0.1, 0.15) is 5.60 Å². The molecule has 1 N–H and O–H groups in total. The molecule has 1 aliphatic heterocycles. The first-order valence-electron chi connectivity index (χ1n) is 5.59. The van der Waals surface area contributed by atoms with Crippen LogP contribution in [0.25, 0.3) is 0 Å². The molecule has 0 saturated heterocycles. The van der Waals surface area contributed by atoms with Crippen molar-refractivity contribution in [2.75, 3.05) is 0 Å². The van der Waals surface area contributed by atoms with Crippen LogP contribution >= 0.6 is 0 Å². The topological polar surface area (TPSA) is 55.8 Å². The molecule has 1 aliphatic rings. The summed E-state index contributed by atoms with van der Waals surface area (Å²) in [6.45, 7) is 5.50. The van der Waals surface area contributed by atoms with Crippen LogP contribution in [-0.4, -0.2) is 22.8 Å². The minimum Gasteiger partial charge on any atom is -0.483 e. The van der Waals surface area contributed by atoms with Gasteiger partial charge in [-0.1, -0.05) is 12.1 Å². The van der Waals surface area contributed by atoms with Gasteiger partial charge in [0.15, 0.2) is 17.6 Å². The Bertz CT molecular complexity index is 451. The Morgan fingerprint density at radius 3 is 2.88 bits per heavy atom. The van der Waals surface area contributed by atoms with Gasteiger partial charge < -0.3 is 14.6 Å². The number of aliphatic carboxylic acids is 1. The van der Waals surface area contributed by atoms with Gasteiger partial charge in [-0.2, -0.15) is 0 Å². The van der Waals surface area contributed by atoms with Gasteiger partial charge in [-0.15, -0.1) is 0 Å². The number of para-hydroxylation sites is 1. The lowest BCUT2D eigenvalue weighted by Crippen LogP contribution is -2.25. The third kappa shape index (κ3) is 2.35. The van der Waals surface area contributed by atoms with Gasteiger partial charge in [0.2, 0.25) is 0 Å². The van der Waals surface area contributed by atoms with Gasteiger partial charge in [-0.25, -0.2) is 4.79 Å². The highest BCUT2D eigenvalue weighted by atomic mass is 16.6. The highest BCUT2D eigenvalue weighted by molar-refractivity contribution is 5.72. The molecule has 0 bridgehead atoms. The van der Waals surface area contributed by atoms with Crippen molar-refractivity contribution < 1.29 is 19.4 Å². The molecular formula is C13H16O4. The minimum absolute atomic E-state index is 0.256. The minimum atomic E-state index is -0.986. The number of rotatable bonds is 3. The molecule has 1 aromatic rings. The van der Waals surface area contributed by atoms with Crippen LogP contribution in [0.5, 0.6) is 11.5 Å². The third-order valence-corrected chi connectivity index (χ3v) is 2.71. The fraction of sp³-hybridized carbons (Fsp3) is 0.462. The van der Waals surface area contributed by atoms with Crippen molar-refractivity contribution in [1.29, 1.82) is 0 Å². The second-order valence-electron chi connectivity index (χ2n) is 4.88. The zero-order valence-corrected chi connectivity index (χ0v) is 10.2. The van der Waals surface area contributed by atoms with E-state index in [1.54, 1.807) is 6.07 Å². The van der Waals surface area contributed by atoms with E-state index in [1.165, 1.54) is 6.92 Å². The molecule has 1 atom stereocenters. The quantitative estimate of drug-likeness (QED) is 0.874. The Hall–Kier alpha value is -1.71. The fourth-order valence-electron chi connectivity index (χ4n) is 1.92. The maximum absolute atomic E-state index is 10.8. The van der Waals surface area contributed by atoms with E-state index in [0.29, 0.717) is 11.5 Å². The van der Waals surface area contributed by atoms with E-state index in [9.17, 15) is 4.79 Å². The number of hydrogen-bond donors (Lipinski definition) is 1. The van der Waals surface area contributed by atoms with Crippen molar-refractivity contribution in [2.24, 2.45) is 0 Å². The van der Waals surface area contributed by atoms with Crippen molar-refractivity contribution in [1.82, 2.24) is 0 Å². The first-order chi connectivity index (χ1) is 7.89. The maximum atomic E-state index is 10.8. The molecule has 92 valence electrons. The Balaban J connectivity index is 2.27. The molecule has 0 unspecified atom stereocenters. The predicted octanol–water partition coefficient (Wildman–Crippen LogP) is 2.25. The lowest BCUT2D eigenvalue weighted by atomic mass is 10.0. The largest absolute Gasteiger partial charge is 0.483 e. The number of benzene rings is 1. The Kier molecular flexibility index (Phi) is 2.73. The summed E-state index contributed by atoms with van der Waals surface area (Å²) in [6.07, 6.45) is -0.0742. The Morgan fingerprint density at radius 2 is 2.24 bits per heavy atom. The van der Waals surface area contributed by atoms with E-state index < -0.39 is 12.1 Å². The summed E-state index contributed by atoms with van der Waals surface area (Å²) in [6, 6.07) is 5.57. The second kappa shape index (κ2) is 3.95. The molecule has 0 radical (unpaired) electrons. The standard InChI is InChI=1S/C13H16O4/c1-8(12(14)15)16-10-6-4-5-9-7-13(2,3)17-11(9)10/h4-6,8H,7H2,1-3H3,(H,14,15)/t8-/m0/s1. The number of carboxylic acids is 1. The number of carboxylic acid groups (broad SMARTS) is 1. The van der Waals surface area contributed by atoms with Crippen LogP contribution in [0.4, 0.5) is 0 Å². The summed E-state index contributed by atoms with van der Waals surface area (Å²) in [5, 5.41) is 8.83. The maximum Gasteiger partial charge on any atom is 0.344 e. The van der Waals surface area contributed by atoms with Crippen LogP contribution in [0, 0.1) is 0 Å². The molecule has 0 spiro atoms. The van der Waals surface area contributed by atoms with E-state index >= 15 is 0 Å². The summed E-state index contributed by atoms with van der Waals surface area (Å²) in [4.78, 5) is 10.8. The fourth-order valence-corrected chi connectivity index (χ4v) is 1.92. The lowest BCUT2D eigenvalue weighted by molar-refractivity contribution is -0.144. The average molecular weight is 236 g/mol. The van der Waals surface area contributed by atoms with E-state index in [1.807, 2.05) is 26.0 Å². The third-order valence-electron chi connectivity index (χ3n) is 2.71. The summed E-state index contributed by atoms with van der Waals surface area (Å²) in [5.74, 6) is 0.188. The van der Waals surface area contributed by atoms with Gasteiger partial charge in [0.05, 0.1) is 0 Å². The summed E-state index contributed by atoms with van der Waals surface area (Å²) >= 11 is 0. The summed E-state index contributed by atoms with van der Waals surface area (Å²) in [5.41, 5.74) is 0.805. The highest BCUT2D eigenvalue weighted by Gasteiger charge is 2.32. The SMILES string of the molecule is C[C@H](Oc1cccc2c1OC(C)(C)C2)C(=O)O. The van der Waals surface area contributed by atoms with Crippen molar-refractivity contribution in [3.8, 4) is 11.5 Å². The average Bonchev–Trinajstić information content (AvgIpc) is 2.53. The summed E-state index contributed by atoms with van der Waals surface area (Å²) in [7, 11) is 0. The normalized spacial score (nSPS) is 18.1. The van der Waals surface area contributed by atoms with Crippen LogP contribution in [0.2, 0.25) is 0 Å². The Labute approximate surface area is 100 Å². The van der Waals surface area contributed by atoms with Crippen LogP contribution < -0.4 is 9.47 Å². The molecule has 0 amide bonds. The molecule has 0 aliphatic carbocycles. The van der Waals surface area contributed by atoms with Crippen LogP contribution in [-0.2, 0) is 11.2 Å². The molecule has 0 fully saturated rings. The zero-order chi connectivity index (χ0) is 12.6. The van der Waals surface area contributed by atoms with Crippen molar-refractivity contribution >= 4 is 5.97 Å². The van der Waals surface area contributed by atoms with Crippen molar-refractivity contribution in [2.45, 2.75) is 38.9 Å². The number of fused-ring (bicyclic) bond motifs is 1. The predicted molar refractivity (Wildman–Crippen MR) is 62.6 cm³/mol. The molecule has 1 aromatic carbocycles. The van der Waals surface area contributed by atoms with Crippen LogP contribution in [0.3, 0.4) is 0 Å². The first-order valence-corrected chi connectivity index (χ1v) is 5.59. The molecular weight excluding hydrogens is 220 g/mol. The number of carbonyl (C=O) groups is 1. The lowest BCUT2D eigenvalue weighted by Gasteiger charge is -2.19. The van der Waals surface area contributed by atoms with Gasteiger partial charge >= 0.3 is 5.97 Å².